The molecule has 0 amide bonds. The zero-order valence-electron chi connectivity index (χ0n) is 7.08. The van der Waals surface area contributed by atoms with Gasteiger partial charge in [-0.15, -0.1) is 0 Å². The number of rotatable bonds is 4. The standard InChI is InChI=1S/C8H13N3O/c1-2-12-8-3-7(5-11-9)4-10-6-8/h3-4,6,11H,2,5,9H2,1H3. The molecule has 0 aliphatic rings. The lowest BCUT2D eigenvalue weighted by atomic mass is 10.3. The normalized spacial score (nSPS) is 9.83. The Morgan fingerprint density at radius 1 is 1.58 bits per heavy atom. The highest BCUT2D eigenvalue weighted by Gasteiger charge is 1.95. The molecule has 66 valence electrons. The minimum atomic E-state index is 0.605. The minimum Gasteiger partial charge on any atom is -0.492 e. The van der Waals surface area contributed by atoms with Gasteiger partial charge in [0.05, 0.1) is 12.8 Å². The lowest BCUT2D eigenvalue weighted by Gasteiger charge is -2.04. The first-order chi connectivity index (χ1) is 5.86. The fraction of sp³-hybridized carbons (Fsp3) is 0.375. The van der Waals surface area contributed by atoms with Crippen LogP contribution in [-0.2, 0) is 6.54 Å². The third-order valence-corrected chi connectivity index (χ3v) is 1.39. The van der Waals surface area contributed by atoms with E-state index in [1.54, 1.807) is 12.4 Å². The zero-order valence-corrected chi connectivity index (χ0v) is 7.08. The number of aromatic nitrogens is 1. The van der Waals surface area contributed by atoms with Crippen LogP contribution in [0, 0.1) is 0 Å². The van der Waals surface area contributed by atoms with Crippen LogP contribution in [0.4, 0.5) is 0 Å². The van der Waals surface area contributed by atoms with Crippen LogP contribution >= 0.6 is 0 Å². The summed E-state index contributed by atoms with van der Waals surface area (Å²) in [6.45, 7) is 3.20. The molecule has 0 radical (unpaired) electrons. The fourth-order valence-corrected chi connectivity index (χ4v) is 0.924. The van der Waals surface area contributed by atoms with Crippen LogP contribution in [0.15, 0.2) is 18.5 Å². The van der Waals surface area contributed by atoms with E-state index in [-0.39, 0.29) is 0 Å². The Balaban J connectivity index is 2.67. The maximum Gasteiger partial charge on any atom is 0.137 e. The molecule has 0 atom stereocenters. The van der Waals surface area contributed by atoms with E-state index in [0.717, 1.165) is 11.3 Å². The number of nitrogens with one attached hydrogen (secondary N) is 1. The molecule has 0 saturated carbocycles. The van der Waals surface area contributed by atoms with Gasteiger partial charge in [-0.3, -0.25) is 16.3 Å². The predicted octanol–water partition coefficient (Wildman–Crippen LogP) is 0.444. The van der Waals surface area contributed by atoms with Crippen molar-refractivity contribution in [1.29, 1.82) is 0 Å². The van der Waals surface area contributed by atoms with E-state index < -0.39 is 0 Å². The molecule has 4 nitrogen and oxygen atoms in total. The summed E-state index contributed by atoms with van der Waals surface area (Å²) in [7, 11) is 0. The van der Waals surface area contributed by atoms with Crippen molar-refractivity contribution >= 4 is 0 Å². The Kier molecular flexibility index (Phi) is 3.50. The zero-order chi connectivity index (χ0) is 8.81. The third-order valence-electron chi connectivity index (χ3n) is 1.39. The van der Waals surface area contributed by atoms with Crippen molar-refractivity contribution in [1.82, 2.24) is 10.4 Å². The molecular formula is C8H13N3O. The summed E-state index contributed by atoms with van der Waals surface area (Å²) in [5, 5.41) is 0. The molecule has 1 aromatic rings. The van der Waals surface area contributed by atoms with Crippen LogP contribution in [0.2, 0.25) is 0 Å². The maximum atomic E-state index is 5.26. The molecule has 0 fully saturated rings. The lowest BCUT2D eigenvalue weighted by Crippen LogP contribution is -2.20. The molecule has 1 rings (SSSR count). The largest absolute Gasteiger partial charge is 0.492 e. The monoisotopic (exact) mass is 167 g/mol. The molecule has 0 spiro atoms. The van der Waals surface area contributed by atoms with Crippen LogP contribution in [0.25, 0.3) is 0 Å². The van der Waals surface area contributed by atoms with Crippen molar-refractivity contribution in [3.8, 4) is 5.75 Å². The summed E-state index contributed by atoms with van der Waals surface area (Å²) >= 11 is 0. The molecule has 0 bridgehead atoms. The summed E-state index contributed by atoms with van der Waals surface area (Å²) in [6, 6.07) is 1.91. The van der Waals surface area contributed by atoms with Crippen LogP contribution in [0.5, 0.6) is 5.75 Å². The third kappa shape index (κ3) is 2.48. The second-order valence-electron chi connectivity index (χ2n) is 2.34. The van der Waals surface area contributed by atoms with E-state index in [2.05, 4.69) is 10.4 Å². The number of nitrogens with two attached hydrogens (primary N) is 1. The van der Waals surface area contributed by atoms with Gasteiger partial charge in [0.15, 0.2) is 0 Å². The quantitative estimate of drug-likeness (QED) is 0.504. The first-order valence-electron chi connectivity index (χ1n) is 3.87. The van der Waals surface area contributed by atoms with E-state index in [1.807, 2.05) is 13.0 Å². The molecule has 1 heterocycles. The number of hydrogen-bond acceptors (Lipinski definition) is 4. The summed E-state index contributed by atoms with van der Waals surface area (Å²) in [5.74, 6) is 5.95. The highest BCUT2D eigenvalue weighted by atomic mass is 16.5. The number of pyridine rings is 1. The van der Waals surface area contributed by atoms with Gasteiger partial charge in [0.2, 0.25) is 0 Å². The Morgan fingerprint density at radius 3 is 3.08 bits per heavy atom. The SMILES string of the molecule is CCOc1cncc(CNN)c1. The summed E-state index contributed by atoms with van der Waals surface area (Å²) in [5.41, 5.74) is 3.57. The van der Waals surface area contributed by atoms with E-state index in [9.17, 15) is 0 Å². The average molecular weight is 167 g/mol. The summed E-state index contributed by atoms with van der Waals surface area (Å²) in [6.07, 6.45) is 3.44. The molecule has 0 aliphatic heterocycles. The molecule has 4 heteroatoms. The smallest absolute Gasteiger partial charge is 0.137 e. The Hall–Kier alpha value is -1.13. The second-order valence-corrected chi connectivity index (χ2v) is 2.34. The molecule has 1 aromatic heterocycles. The highest BCUT2D eigenvalue weighted by molar-refractivity contribution is 5.23. The molecule has 0 unspecified atom stereocenters. The first-order valence-corrected chi connectivity index (χ1v) is 3.87. The molecule has 0 aliphatic carbocycles. The van der Waals surface area contributed by atoms with Crippen LogP contribution < -0.4 is 16.0 Å². The molecular weight excluding hydrogens is 154 g/mol. The van der Waals surface area contributed by atoms with Gasteiger partial charge in [0, 0.05) is 12.7 Å². The van der Waals surface area contributed by atoms with Crippen molar-refractivity contribution < 1.29 is 4.74 Å². The highest BCUT2D eigenvalue weighted by Crippen LogP contribution is 2.10. The van der Waals surface area contributed by atoms with Gasteiger partial charge in [0.25, 0.3) is 0 Å². The molecule has 0 aromatic carbocycles. The molecule has 12 heavy (non-hydrogen) atoms. The first kappa shape index (κ1) is 8.96. The Labute approximate surface area is 71.7 Å². The van der Waals surface area contributed by atoms with Crippen LogP contribution in [0.1, 0.15) is 12.5 Å². The van der Waals surface area contributed by atoms with Gasteiger partial charge in [-0.05, 0) is 18.6 Å². The number of nitrogens with zero attached hydrogens (tertiary/aromatic N) is 1. The predicted molar refractivity (Wildman–Crippen MR) is 46.4 cm³/mol. The van der Waals surface area contributed by atoms with Gasteiger partial charge in [-0.25, -0.2) is 0 Å². The summed E-state index contributed by atoms with van der Waals surface area (Å²) in [4.78, 5) is 4.00. The van der Waals surface area contributed by atoms with Gasteiger partial charge >= 0.3 is 0 Å². The average Bonchev–Trinajstić information content (AvgIpc) is 2.06. The van der Waals surface area contributed by atoms with Crippen LogP contribution in [-0.4, -0.2) is 11.6 Å². The second kappa shape index (κ2) is 4.69. The molecule has 3 N–H and O–H groups in total. The van der Waals surface area contributed by atoms with Gasteiger partial charge in [-0.2, -0.15) is 0 Å². The van der Waals surface area contributed by atoms with Crippen molar-refractivity contribution in [2.45, 2.75) is 13.5 Å². The Bertz CT molecular complexity index is 218. The summed E-state index contributed by atoms with van der Waals surface area (Å²) < 4.78 is 5.26. The van der Waals surface area contributed by atoms with Gasteiger partial charge in [-0.1, -0.05) is 0 Å². The van der Waals surface area contributed by atoms with Gasteiger partial charge < -0.3 is 4.74 Å². The fourth-order valence-electron chi connectivity index (χ4n) is 0.924. The van der Waals surface area contributed by atoms with Crippen molar-refractivity contribution in [2.75, 3.05) is 6.61 Å². The minimum absolute atomic E-state index is 0.605. The van der Waals surface area contributed by atoms with Crippen molar-refractivity contribution in [2.24, 2.45) is 5.84 Å². The van der Waals surface area contributed by atoms with E-state index in [1.165, 1.54) is 0 Å². The number of hydrogen-bond donors (Lipinski definition) is 2. The van der Waals surface area contributed by atoms with E-state index >= 15 is 0 Å². The number of hydrazine groups is 1. The topological polar surface area (TPSA) is 60.2 Å². The van der Waals surface area contributed by atoms with E-state index in [0.29, 0.717) is 13.2 Å². The van der Waals surface area contributed by atoms with E-state index in [4.69, 9.17) is 10.6 Å². The van der Waals surface area contributed by atoms with Crippen LogP contribution in [0.3, 0.4) is 0 Å². The molecule has 0 saturated heterocycles. The Morgan fingerprint density at radius 2 is 2.42 bits per heavy atom. The number of ether oxygens (including phenoxy) is 1. The van der Waals surface area contributed by atoms with Gasteiger partial charge in [0.1, 0.15) is 5.75 Å². The maximum absolute atomic E-state index is 5.26. The lowest BCUT2D eigenvalue weighted by molar-refractivity contribution is 0.338. The van der Waals surface area contributed by atoms with Crippen molar-refractivity contribution in [3.05, 3.63) is 24.0 Å². The van der Waals surface area contributed by atoms with Crippen molar-refractivity contribution in [3.63, 3.8) is 0 Å².